The molecule has 180 valence electrons. The number of hydrogen-bond acceptors (Lipinski definition) is 0. The monoisotopic (exact) mass is 444 g/mol. The lowest BCUT2D eigenvalue weighted by Gasteiger charge is -2.23. The van der Waals surface area contributed by atoms with Crippen molar-refractivity contribution in [3.63, 3.8) is 0 Å². The topological polar surface area (TPSA) is 0 Å². The Bertz CT molecular complexity index is 757. The van der Waals surface area contributed by atoms with Gasteiger partial charge in [-0.3, -0.25) is 0 Å². The minimum atomic E-state index is 0.612. The van der Waals surface area contributed by atoms with Crippen LogP contribution in [0.25, 0.3) is 0 Å². The molecule has 0 aromatic heterocycles. The van der Waals surface area contributed by atoms with Gasteiger partial charge in [0.15, 0.2) is 0 Å². The van der Waals surface area contributed by atoms with Gasteiger partial charge in [-0.1, -0.05) is 125 Å². The second kappa shape index (κ2) is 16.5. The average molecular weight is 445 g/mol. The highest BCUT2D eigenvalue weighted by Crippen LogP contribution is 2.31. The van der Waals surface area contributed by atoms with E-state index in [9.17, 15) is 0 Å². The van der Waals surface area contributed by atoms with Gasteiger partial charge in [0, 0.05) is 0 Å². The summed E-state index contributed by atoms with van der Waals surface area (Å²) in [7, 11) is 0. The van der Waals surface area contributed by atoms with Crippen LogP contribution in [0.3, 0.4) is 0 Å². The lowest BCUT2D eigenvalue weighted by atomic mass is 9.82. The highest BCUT2D eigenvalue weighted by Gasteiger charge is 2.17. The predicted molar refractivity (Wildman–Crippen MR) is 148 cm³/mol. The van der Waals surface area contributed by atoms with E-state index >= 15 is 0 Å². The smallest absolute Gasteiger partial charge is 0.0156 e. The summed E-state index contributed by atoms with van der Waals surface area (Å²) in [4.78, 5) is 0. The van der Waals surface area contributed by atoms with Crippen LogP contribution in [0.1, 0.15) is 108 Å². The van der Waals surface area contributed by atoms with Gasteiger partial charge >= 0.3 is 0 Å². The molecule has 2 aromatic rings. The van der Waals surface area contributed by atoms with Crippen molar-refractivity contribution in [2.45, 2.75) is 96.8 Å². The Morgan fingerprint density at radius 3 is 1.94 bits per heavy atom. The first-order valence-corrected chi connectivity index (χ1v) is 13.5. The van der Waals surface area contributed by atoms with Gasteiger partial charge in [0.05, 0.1) is 0 Å². The summed E-state index contributed by atoms with van der Waals surface area (Å²) in [5.41, 5.74) is 2.92. The first kappa shape index (κ1) is 27.2. The molecule has 33 heavy (non-hydrogen) atoms. The SMILES string of the molecule is C=CC(CCCCCC/C=C/CC(C)c1ccccc1)CC(CC)CC(C)c1ccccc1. The summed E-state index contributed by atoms with van der Waals surface area (Å²) in [6, 6.07) is 21.9. The van der Waals surface area contributed by atoms with Crippen molar-refractivity contribution in [3.05, 3.63) is 96.6 Å². The Morgan fingerprint density at radius 2 is 1.33 bits per heavy atom. The van der Waals surface area contributed by atoms with Crippen molar-refractivity contribution >= 4 is 0 Å². The Labute approximate surface area is 205 Å². The normalized spacial score (nSPS) is 15.2. The molecule has 2 rings (SSSR count). The second-order valence-corrected chi connectivity index (χ2v) is 10.1. The van der Waals surface area contributed by atoms with Crippen molar-refractivity contribution in [1.29, 1.82) is 0 Å². The van der Waals surface area contributed by atoms with Crippen LogP contribution in [0.5, 0.6) is 0 Å². The van der Waals surface area contributed by atoms with Crippen LogP contribution in [-0.2, 0) is 0 Å². The molecule has 0 heterocycles. The second-order valence-electron chi connectivity index (χ2n) is 10.1. The largest absolute Gasteiger partial charge is 0.103 e. The number of hydrogen-bond donors (Lipinski definition) is 0. The van der Waals surface area contributed by atoms with Gasteiger partial charge in [-0.2, -0.15) is 0 Å². The molecule has 0 bridgehead atoms. The number of unbranched alkanes of at least 4 members (excludes halogenated alkanes) is 4. The number of rotatable bonds is 17. The summed E-state index contributed by atoms with van der Waals surface area (Å²) in [6.45, 7) is 11.2. The van der Waals surface area contributed by atoms with E-state index in [1.54, 1.807) is 0 Å². The molecular weight excluding hydrogens is 396 g/mol. The Hall–Kier alpha value is -2.08. The summed E-state index contributed by atoms with van der Waals surface area (Å²) in [6.07, 6.45) is 19.9. The Kier molecular flexibility index (Phi) is 13.6. The van der Waals surface area contributed by atoms with Crippen LogP contribution in [0, 0.1) is 11.8 Å². The molecule has 4 atom stereocenters. The average Bonchev–Trinajstić information content (AvgIpc) is 2.87. The molecule has 0 radical (unpaired) electrons. The molecule has 0 saturated heterocycles. The van der Waals surface area contributed by atoms with Gasteiger partial charge < -0.3 is 0 Å². The van der Waals surface area contributed by atoms with E-state index < -0.39 is 0 Å². The summed E-state index contributed by atoms with van der Waals surface area (Å²) in [5.74, 6) is 2.73. The van der Waals surface area contributed by atoms with Crippen LogP contribution >= 0.6 is 0 Å². The molecule has 0 spiro atoms. The minimum absolute atomic E-state index is 0.612. The van der Waals surface area contributed by atoms with E-state index in [4.69, 9.17) is 0 Å². The third-order valence-corrected chi connectivity index (χ3v) is 7.32. The van der Waals surface area contributed by atoms with Crippen molar-refractivity contribution in [2.24, 2.45) is 11.8 Å². The van der Waals surface area contributed by atoms with Gasteiger partial charge in [-0.25, -0.2) is 0 Å². The van der Waals surface area contributed by atoms with E-state index in [1.165, 1.54) is 68.9 Å². The first-order valence-electron chi connectivity index (χ1n) is 13.5. The maximum atomic E-state index is 4.16. The Balaban J connectivity index is 1.57. The van der Waals surface area contributed by atoms with Crippen molar-refractivity contribution in [3.8, 4) is 0 Å². The van der Waals surface area contributed by atoms with Gasteiger partial charge in [0.25, 0.3) is 0 Å². The third-order valence-electron chi connectivity index (χ3n) is 7.32. The van der Waals surface area contributed by atoms with Crippen LogP contribution in [0.2, 0.25) is 0 Å². The third kappa shape index (κ3) is 11.1. The predicted octanol–water partition coefficient (Wildman–Crippen LogP) is 10.5. The fraction of sp³-hybridized carbons (Fsp3) is 0.515. The molecule has 4 unspecified atom stereocenters. The standard InChI is InChI=1S/C33H48/c1-5-30(27-31(6-2)26-29(4)33-24-18-13-19-25-33)21-15-11-9-7-8-10-14-20-28(3)32-22-16-12-17-23-32/h5,10,12-14,16-19,22-25,28-31H,1,6-9,11,15,20-21,26-27H2,2-4H3/b14-10+. The zero-order valence-corrected chi connectivity index (χ0v) is 21.6. The van der Waals surface area contributed by atoms with Crippen LogP contribution < -0.4 is 0 Å². The molecule has 0 heteroatoms. The van der Waals surface area contributed by atoms with E-state index in [1.807, 2.05) is 0 Å². The zero-order valence-electron chi connectivity index (χ0n) is 21.6. The fourth-order valence-corrected chi connectivity index (χ4v) is 4.97. The van der Waals surface area contributed by atoms with E-state index in [0.717, 1.165) is 12.3 Å². The molecule has 0 amide bonds. The van der Waals surface area contributed by atoms with Crippen LogP contribution in [0.4, 0.5) is 0 Å². The van der Waals surface area contributed by atoms with Crippen molar-refractivity contribution in [2.75, 3.05) is 0 Å². The van der Waals surface area contributed by atoms with E-state index in [2.05, 4.69) is 106 Å². The lowest BCUT2D eigenvalue weighted by molar-refractivity contribution is 0.345. The molecule has 0 aliphatic carbocycles. The number of benzene rings is 2. The zero-order chi connectivity index (χ0) is 23.7. The maximum Gasteiger partial charge on any atom is -0.0156 e. The first-order chi connectivity index (χ1) is 16.1. The quantitative estimate of drug-likeness (QED) is 0.168. The van der Waals surface area contributed by atoms with Gasteiger partial charge in [-0.15, -0.1) is 6.58 Å². The van der Waals surface area contributed by atoms with Crippen LogP contribution in [0.15, 0.2) is 85.5 Å². The maximum absolute atomic E-state index is 4.16. The molecule has 0 nitrogen and oxygen atoms in total. The van der Waals surface area contributed by atoms with E-state index in [-0.39, 0.29) is 0 Å². The summed E-state index contributed by atoms with van der Waals surface area (Å²) >= 11 is 0. The van der Waals surface area contributed by atoms with E-state index in [0.29, 0.717) is 17.8 Å². The summed E-state index contributed by atoms with van der Waals surface area (Å²) < 4.78 is 0. The van der Waals surface area contributed by atoms with Crippen molar-refractivity contribution < 1.29 is 0 Å². The summed E-state index contributed by atoms with van der Waals surface area (Å²) in [5, 5.41) is 0. The van der Waals surface area contributed by atoms with Crippen LogP contribution in [-0.4, -0.2) is 0 Å². The fourth-order valence-electron chi connectivity index (χ4n) is 4.97. The molecule has 2 aromatic carbocycles. The molecule has 0 aliphatic rings. The Morgan fingerprint density at radius 1 is 0.727 bits per heavy atom. The molecule has 0 N–H and O–H groups in total. The van der Waals surface area contributed by atoms with Crippen molar-refractivity contribution in [1.82, 2.24) is 0 Å². The minimum Gasteiger partial charge on any atom is -0.103 e. The molecule has 0 fully saturated rings. The lowest BCUT2D eigenvalue weighted by Crippen LogP contribution is -2.10. The van der Waals surface area contributed by atoms with Gasteiger partial charge in [0.1, 0.15) is 0 Å². The highest BCUT2D eigenvalue weighted by molar-refractivity contribution is 5.20. The molecular formula is C33H48. The van der Waals surface area contributed by atoms with Gasteiger partial charge in [0.2, 0.25) is 0 Å². The molecule has 0 saturated carbocycles. The molecule has 0 aliphatic heterocycles. The van der Waals surface area contributed by atoms with Gasteiger partial charge in [-0.05, 0) is 73.3 Å². The number of allylic oxidation sites excluding steroid dienone is 3. The highest BCUT2D eigenvalue weighted by atomic mass is 14.2.